The smallest absolute Gasteiger partial charge is 0.253 e. The predicted molar refractivity (Wildman–Crippen MR) is 92.4 cm³/mol. The van der Waals surface area contributed by atoms with Crippen LogP contribution < -0.4 is 11.1 Å². The molecule has 3 aromatic heterocycles. The van der Waals surface area contributed by atoms with Crippen molar-refractivity contribution in [2.24, 2.45) is 5.73 Å². The zero-order chi connectivity index (χ0) is 16.9. The molecule has 1 amide bonds. The van der Waals surface area contributed by atoms with Gasteiger partial charge in [0.1, 0.15) is 5.65 Å². The molecule has 5 N–H and O–H groups in total. The van der Waals surface area contributed by atoms with E-state index in [2.05, 4.69) is 20.3 Å². The molecule has 0 spiro atoms. The van der Waals surface area contributed by atoms with Crippen molar-refractivity contribution in [3.05, 3.63) is 65.9 Å². The molecule has 3 aromatic rings. The molecule has 0 saturated heterocycles. The van der Waals surface area contributed by atoms with Crippen LogP contribution in [0.1, 0.15) is 21.6 Å². The number of aromatic nitrogens is 3. The second-order valence-electron chi connectivity index (χ2n) is 5.10. The first kappa shape index (κ1) is 15.4. The van der Waals surface area contributed by atoms with E-state index < -0.39 is 0 Å². The molecule has 0 radical (unpaired) electrons. The van der Waals surface area contributed by atoms with E-state index in [1.165, 1.54) is 6.20 Å². The Kier molecular flexibility index (Phi) is 4.33. The third kappa shape index (κ3) is 3.00. The summed E-state index contributed by atoms with van der Waals surface area (Å²) in [6.45, 7) is 0.424. The number of fused-ring (bicyclic) bond motifs is 1. The van der Waals surface area contributed by atoms with E-state index in [4.69, 9.17) is 11.1 Å². The van der Waals surface area contributed by atoms with Gasteiger partial charge in [-0.1, -0.05) is 0 Å². The number of carbonyl (C=O) groups excluding carboxylic acids is 1. The molecule has 0 atom stereocenters. The molecule has 0 fully saturated rings. The van der Waals surface area contributed by atoms with Gasteiger partial charge in [-0.25, -0.2) is 4.98 Å². The number of allylic oxidation sites excluding steroid dienone is 1. The minimum absolute atomic E-state index is 0.186. The molecule has 120 valence electrons. The molecule has 0 bridgehead atoms. The van der Waals surface area contributed by atoms with Gasteiger partial charge in [0.2, 0.25) is 0 Å². The van der Waals surface area contributed by atoms with Crippen LogP contribution in [-0.2, 0) is 6.54 Å². The summed E-state index contributed by atoms with van der Waals surface area (Å²) in [5.41, 5.74) is 8.63. The molecule has 0 aliphatic rings. The zero-order valence-corrected chi connectivity index (χ0v) is 12.8. The van der Waals surface area contributed by atoms with Crippen LogP contribution in [0, 0.1) is 5.41 Å². The van der Waals surface area contributed by atoms with Crippen molar-refractivity contribution in [2.45, 2.75) is 6.54 Å². The first-order valence-corrected chi connectivity index (χ1v) is 7.31. The van der Waals surface area contributed by atoms with E-state index in [-0.39, 0.29) is 5.91 Å². The molecule has 0 saturated carbocycles. The summed E-state index contributed by atoms with van der Waals surface area (Å²) in [5, 5.41) is 10.9. The summed E-state index contributed by atoms with van der Waals surface area (Å²) < 4.78 is 0. The van der Waals surface area contributed by atoms with Crippen molar-refractivity contribution in [3.63, 3.8) is 0 Å². The Morgan fingerprint density at radius 3 is 2.79 bits per heavy atom. The van der Waals surface area contributed by atoms with E-state index in [0.717, 1.165) is 11.8 Å². The van der Waals surface area contributed by atoms with E-state index in [9.17, 15) is 4.79 Å². The number of hydrogen-bond donors (Lipinski definition) is 4. The van der Waals surface area contributed by atoms with Crippen LogP contribution in [0.25, 0.3) is 16.6 Å². The van der Waals surface area contributed by atoms with E-state index in [1.807, 2.05) is 12.1 Å². The lowest BCUT2D eigenvalue weighted by molar-refractivity contribution is 0.0952. The van der Waals surface area contributed by atoms with E-state index >= 15 is 0 Å². The Balaban J connectivity index is 1.82. The molecule has 0 aliphatic carbocycles. The number of hydrogen-bond acceptors (Lipinski definition) is 5. The molecule has 0 aromatic carbocycles. The summed E-state index contributed by atoms with van der Waals surface area (Å²) in [6, 6.07) is 7.23. The molecule has 7 heteroatoms. The molecule has 3 rings (SSSR count). The fourth-order valence-corrected chi connectivity index (χ4v) is 2.34. The second kappa shape index (κ2) is 6.74. The lowest BCUT2D eigenvalue weighted by atomic mass is 10.1. The van der Waals surface area contributed by atoms with Gasteiger partial charge in [0.25, 0.3) is 5.91 Å². The second-order valence-corrected chi connectivity index (χ2v) is 5.10. The normalized spacial score (nSPS) is 11.4. The van der Waals surface area contributed by atoms with Gasteiger partial charge in [0.05, 0.1) is 11.3 Å². The maximum Gasteiger partial charge on any atom is 0.253 e. The van der Waals surface area contributed by atoms with Gasteiger partial charge < -0.3 is 21.4 Å². The van der Waals surface area contributed by atoms with Gasteiger partial charge in [-0.15, -0.1) is 0 Å². The predicted octanol–water partition coefficient (Wildman–Crippen LogP) is 1.84. The number of nitrogens with zero attached hydrogens (tertiary/aromatic N) is 2. The Hall–Kier alpha value is -3.48. The number of nitrogens with one attached hydrogen (secondary N) is 3. The van der Waals surface area contributed by atoms with Gasteiger partial charge in [-0.3, -0.25) is 9.78 Å². The average molecular weight is 320 g/mol. The minimum Gasteiger partial charge on any atom is -0.404 e. The Morgan fingerprint density at radius 1 is 1.29 bits per heavy atom. The number of carbonyl (C=O) groups is 1. The number of amides is 1. The summed E-state index contributed by atoms with van der Waals surface area (Å²) in [6.07, 6.45) is 7.46. The highest BCUT2D eigenvalue weighted by molar-refractivity contribution is 6.09. The van der Waals surface area contributed by atoms with Crippen LogP contribution in [0.5, 0.6) is 0 Å². The van der Waals surface area contributed by atoms with Gasteiger partial charge in [0.15, 0.2) is 0 Å². The van der Waals surface area contributed by atoms with Crippen molar-refractivity contribution >= 4 is 28.7 Å². The first-order chi connectivity index (χ1) is 11.7. The Bertz CT molecular complexity index is 913. The summed E-state index contributed by atoms with van der Waals surface area (Å²) in [7, 11) is 0. The van der Waals surface area contributed by atoms with E-state index in [1.54, 1.807) is 30.7 Å². The highest BCUT2D eigenvalue weighted by Crippen LogP contribution is 2.19. The van der Waals surface area contributed by atoms with Crippen LogP contribution >= 0.6 is 0 Å². The SMILES string of the molecule is N=C/C(=C\N)c1ccc2c(C(=O)NCc3ccncc3)c[nH]c2n1. The molecule has 3 heterocycles. The average Bonchev–Trinajstić information content (AvgIpc) is 3.05. The first-order valence-electron chi connectivity index (χ1n) is 7.31. The van der Waals surface area contributed by atoms with Gasteiger partial charge in [0, 0.05) is 48.5 Å². The van der Waals surface area contributed by atoms with Gasteiger partial charge in [-0.2, -0.15) is 0 Å². The quantitative estimate of drug-likeness (QED) is 0.536. The molecule has 7 nitrogen and oxygen atoms in total. The minimum atomic E-state index is -0.186. The number of pyridine rings is 2. The van der Waals surface area contributed by atoms with E-state index in [0.29, 0.717) is 34.4 Å². The molecular weight excluding hydrogens is 304 g/mol. The fourth-order valence-electron chi connectivity index (χ4n) is 2.34. The van der Waals surface area contributed by atoms with Crippen LogP contribution in [-0.4, -0.2) is 27.1 Å². The summed E-state index contributed by atoms with van der Waals surface area (Å²) in [4.78, 5) is 23.7. The highest BCUT2D eigenvalue weighted by Gasteiger charge is 2.13. The molecule has 24 heavy (non-hydrogen) atoms. The van der Waals surface area contributed by atoms with Gasteiger partial charge >= 0.3 is 0 Å². The van der Waals surface area contributed by atoms with Gasteiger partial charge in [-0.05, 0) is 29.8 Å². The monoisotopic (exact) mass is 320 g/mol. The number of nitrogens with two attached hydrogens (primary N) is 1. The standard InChI is InChI=1S/C17H16N6O/c18-7-12(8-19)15-2-1-13-14(10-21-16(13)23-15)17(24)22-9-11-3-5-20-6-4-11/h1-8,10,18H,9,19H2,(H,21,23)(H,22,24)/b12-8+,18-7?. The third-order valence-electron chi connectivity index (χ3n) is 3.62. The Morgan fingerprint density at radius 2 is 2.08 bits per heavy atom. The van der Waals surface area contributed by atoms with Crippen molar-refractivity contribution in [3.8, 4) is 0 Å². The maximum atomic E-state index is 12.4. The fraction of sp³-hybridized carbons (Fsp3) is 0.0588. The lowest BCUT2D eigenvalue weighted by Gasteiger charge is -2.04. The topological polar surface area (TPSA) is 121 Å². The maximum absolute atomic E-state index is 12.4. The third-order valence-corrected chi connectivity index (χ3v) is 3.62. The Labute approximate surface area is 138 Å². The van der Waals surface area contributed by atoms with Crippen LogP contribution in [0.4, 0.5) is 0 Å². The molecule has 0 aliphatic heterocycles. The number of aromatic amines is 1. The van der Waals surface area contributed by atoms with Crippen molar-refractivity contribution < 1.29 is 4.79 Å². The van der Waals surface area contributed by atoms with Crippen molar-refractivity contribution in [1.82, 2.24) is 20.3 Å². The largest absolute Gasteiger partial charge is 0.404 e. The van der Waals surface area contributed by atoms with Crippen LogP contribution in [0.3, 0.4) is 0 Å². The number of H-pyrrole nitrogens is 1. The number of rotatable bonds is 5. The van der Waals surface area contributed by atoms with Crippen LogP contribution in [0.15, 0.2) is 49.1 Å². The molecule has 0 unspecified atom stereocenters. The zero-order valence-electron chi connectivity index (χ0n) is 12.8. The summed E-state index contributed by atoms with van der Waals surface area (Å²) in [5.74, 6) is -0.186. The van der Waals surface area contributed by atoms with Crippen molar-refractivity contribution in [1.29, 1.82) is 5.41 Å². The highest BCUT2D eigenvalue weighted by atomic mass is 16.1. The summed E-state index contributed by atoms with van der Waals surface area (Å²) >= 11 is 0. The lowest BCUT2D eigenvalue weighted by Crippen LogP contribution is -2.22. The molecular formula is C17H16N6O. The van der Waals surface area contributed by atoms with Crippen molar-refractivity contribution in [2.75, 3.05) is 0 Å². The van der Waals surface area contributed by atoms with Crippen LogP contribution in [0.2, 0.25) is 0 Å².